The van der Waals surface area contributed by atoms with Crippen molar-refractivity contribution in [2.24, 2.45) is 34.6 Å². The summed E-state index contributed by atoms with van der Waals surface area (Å²) in [6.07, 6.45) is 4.14. The van der Waals surface area contributed by atoms with E-state index < -0.39 is 77.9 Å². The summed E-state index contributed by atoms with van der Waals surface area (Å²) in [5, 5.41) is 33.2. The van der Waals surface area contributed by atoms with Crippen LogP contribution in [0.2, 0.25) is 0 Å². The first-order chi connectivity index (χ1) is 24.7. The molecule has 0 aliphatic rings. The average Bonchev–Trinajstić information content (AvgIpc) is 3.10. The van der Waals surface area contributed by atoms with Crippen LogP contribution in [0.25, 0.3) is 0 Å². The number of carbonyl (C=O) groups excluding carboxylic acids is 5. The molecule has 0 saturated carbocycles. The third-order valence-corrected chi connectivity index (χ3v) is 8.88. The largest absolute Gasteiger partial charge is 0.480 e. The van der Waals surface area contributed by atoms with Crippen LogP contribution in [0.15, 0.2) is 0 Å². The zero-order valence-electron chi connectivity index (χ0n) is 31.4. The minimum atomic E-state index is -1.55. The molecule has 18 nitrogen and oxygen atoms in total. The van der Waals surface area contributed by atoms with Crippen LogP contribution >= 0.6 is 0 Å². The van der Waals surface area contributed by atoms with Gasteiger partial charge in [-0.1, -0.05) is 26.7 Å². The van der Waals surface area contributed by atoms with Gasteiger partial charge >= 0.3 is 5.97 Å². The quantitative estimate of drug-likeness (QED) is 0.0347. The molecule has 0 bridgehead atoms. The highest BCUT2D eigenvalue weighted by molar-refractivity contribution is 5.96. The first-order valence-corrected chi connectivity index (χ1v) is 18.7. The zero-order chi connectivity index (χ0) is 39.6. The van der Waals surface area contributed by atoms with Gasteiger partial charge in [0.15, 0.2) is 0 Å². The Kier molecular flexibility index (Phi) is 26.3. The summed E-state index contributed by atoms with van der Waals surface area (Å²) in [6.45, 7) is 6.39. The molecule has 0 aliphatic heterocycles. The van der Waals surface area contributed by atoms with Gasteiger partial charge in [-0.3, -0.25) is 24.0 Å². The highest BCUT2D eigenvalue weighted by Gasteiger charge is 2.35. The van der Waals surface area contributed by atoms with Crippen LogP contribution in [0.4, 0.5) is 0 Å². The molecule has 8 atom stereocenters. The molecule has 0 aliphatic carbocycles. The zero-order valence-corrected chi connectivity index (χ0v) is 31.4. The van der Waals surface area contributed by atoms with Crippen molar-refractivity contribution < 1.29 is 39.0 Å². The number of carboxylic acids is 1. The molecular weight excluding hydrogens is 676 g/mol. The summed E-state index contributed by atoms with van der Waals surface area (Å²) in [6, 6.07) is -7.01. The van der Waals surface area contributed by atoms with Crippen molar-refractivity contribution in [1.29, 1.82) is 0 Å². The van der Waals surface area contributed by atoms with E-state index in [9.17, 15) is 39.0 Å². The van der Waals surface area contributed by atoms with E-state index >= 15 is 0 Å². The molecule has 0 heterocycles. The van der Waals surface area contributed by atoms with Gasteiger partial charge < -0.3 is 65.5 Å². The summed E-state index contributed by atoms with van der Waals surface area (Å²) in [5.41, 5.74) is 28.4. The van der Waals surface area contributed by atoms with Crippen LogP contribution in [-0.2, 0) is 28.8 Å². The fourth-order valence-corrected chi connectivity index (χ4v) is 5.33. The van der Waals surface area contributed by atoms with E-state index in [-0.39, 0.29) is 25.2 Å². The highest BCUT2D eigenvalue weighted by Crippen LogP contribution is 2.12. The van der Waals surface area contributed by atoms with Crippen molar-refractivity contribution in [3.05, 3.63) is 0 Å². The molecule has 302 valence electrons. The van der Waals surface area contributed by atoms with Gasteiger partial charge in [0.05, 0.1) is 12.1 Å². The number of nitrogens with two attached hydrogens (primary N) is 5. The molecule has 18 heteroatoms. The number of aliphatic hydroxyl groups is 1. The Labute approximate surface area is 308 Å². The summed E-state index contributed by atoms with van der Waals surface area (Å²) >= 11 is 0. The van der Waals surface area contributed by atoms with E-state index in [0.717, 1.165) is 0 Å². The minimum Gasteiger partial charge on any atom is -0.480 e. The van der Waals surface area contributed by atoms with Crippen LogP contribution in [-0.4, -0.2) is 114 Å². The maximum absolute atomic E-state index is 13.7. The summed E-state index contributed by atoms with van der Waals surface area (Å²) < 4.78 is 0. The van der Waals surface area contributed by atoms with Gasteiger partial charge in [-0.25, -0.2) is 4.79 Å². The van der Waals surface area contributed by atoms with Crippen LogP contribution in [0.1, 0.15) is 104 Å². The van der Waals surface area contributed by atoms with Crippen LogP contribution < -0.4 is 55.3 Å². The summed E-state index contributed by atoms with van der Waals surface area (Å²) in [5.74, 6) is -5.13. The van der Waals surface area contributed by atoms with Gasteiger partial charge in [0, 0.05) is 0 Å². The molecule has 52 heavy (non-hydrogen) atoms. The van der Waals surface area contributed by atoms with E-state index in [1.165, 1.54) is 6.92 Å². The number of carboxylic acid groups (broad SMARTS) is 1. The van der Waals surface area contributed by atoms with Gasteiger partial charge in [-0.15, -0.1) is 0 Å². The van der Waals surface area contributed by atoms with Gasteiger partial charge in [-0.05, 0) is 110 Å². The normalized spacial score (nSPS) is 15.9. The number of hydrogen-bond donors (Lipinski definition) is 12. The van der Waals surface area contributed by atoms with Crippen LogP contribution in [0.5, 0.6) is 0 Å². The van der Waals surface area contributed by atoms with Gasteiger partial charge in [0.1, 0.15) is 30.2 Å². The van der Waals surface area contributed by atoms with Crippen molar-refractivity contribution in [3.63, 3.8) is 0 Å². The second-order valence-electron chi connectivity index (χ2n) is 13.4. The highest BCUT2D eigenvalue weighted by atomic mass is 16.4. The number of hydrogen-bond acceptors (Lipinski definition) is 12. The Morgan fingerprint density at radius 2 is 0.885 bits per heavy atom. The standard InChI is InChI=1S/C34H68N10O8/c1-4-21(2)27(43-29(46)23(39)13-5-9-17-35)32(49)40-25(15-7-11-19-37)31(48)44-28(22(3)45)33(50)41-24(14-6-10-18-36)30(47)42-26(34(51)52)16-8-12-20-38/h21-28,45H,4-20,35-39H2,1-3H3,(H,40,49)(H,41,50)(H,42,47)(H,43,46)(H,44,48)(H,51,52). The Balaban J connectivity index is 6.07. The predicted octanol–water partition coefficient (Wildman–Crippen LogP) is -2.23. The Morgan fingerprint density at radius 1 is 0.519 bits per heavy atom. The molecule has 0 aromatic rings. The van der Waals surface area contributed by atoms with E-state index in [2.05, 4.69) is 26.6 Å². The summed E-state index contributed by atoms with van der Waals surface area (Å²) in [4.78, 5) is 78.8. The Hall–Kier alpha value is -3.42. The summed E-state index contributed by atoms with van der Waals surface area (Å²) in [7, 11) is 0. The predicted molar refractivity (Wildman–Crippen MR) is 198 cm³/mol. The topological polar surface area (TPSA) is 333 Å². The van der Waals surface area contributed by atoms with Crippen molar-refractivity contribution in [3.8, 4) is 0 Å². The van der Waals surface area contributed by atoms with Crippen LogP contribution in [0, 0.1) is 5.92 Å². The van der Waals surface area contributed by atoms with Crippen LogP contribution in [0.3, 0.4) is 0 Å². The SMILES string of the molecule is CCC(C)C(NC(=O)C(N)CCCCN)C(=O)NC(CCCCN)C(=O)NC(C(=O)NC(CCCCN)C(=O)NC(CCCCN)C(=O)O)C(C)O. The smallest absolute Gasteiger partial charge is 0.326 e. The first-order valence-electron chi connectivity index (χ1n) is 18.7. The number of aliphatic carboxylic acids is 1. The van der Waals surface area contributed by atoms with Crippen molar-refractivity contribution in [2.75, 3.05) is 26.2 Å². The maximum atomic E-state index is 13.7. The molecule has 17 N–H and O–H groups in total. The molecule has 8 unspecified atom stereocenters. The average molecular weight is 745 g/mol. The molecule has 5 amide bonds. The second kappa shape index (κ2) is 28.1. The van der Waals surface area contributed by atoms with Gasteiger partial charge in [0.2, 0.25) is 29.5 Å². The number of nitrogens with one attached hydrogen (secondary N) is 5. The molecular formula is C34H68N10O8. The lowest BCUT2D eigenvalue weighted by molar-refractivity contribution is -0.142. The fraction of sp³-hybridized carbons (Fsp3) is 0.824. The minimum absolute atomic E-state index is 0.113. The number of rotatable bonds is 30. The molecule has 0 aromatic heterocycles. The maximum Gasteiger partial charge on any atom is 0.326 e. The fourth-order valence-electron chi connectivity index (χ4n) is 5.33. The third-order valence-electron chi connectivity index (χ3n) is 8.88. The number of amides is 5. The van der Waals surface area contributed by atoms with Gasteiger partial charge in [-0.2, -0.15) is 0 Å². The van der Waals surface area contributed by atoms with E-state index in [1.54, 1.807) is 6.92 Å². The third kappa shape index (κ3) is 19.4. The Bertz CT molecular complexity index is 1080. The molecule has 0 aromatic carbocycles. The molecule has 0 rings (SSSR count). The second-order valence-corrected chi connectivity index (χ2v) is 13.4. The molecule has 0 saturated heterocycles. The van der Waals surface area contributed by atoms with Crippen molar-refractivity contribution in [1.82, 2.24) is 26.6 Å². The van der Waals surface area contributed by atoms with E-state index in [4.69, 9.17) is 28.7 Å². The van der Waals surface area contributed by atoms with Crippen molar-refractivity contribution >= 4 is 35.5 Å². The van der Waals surface area contributed by atoms with E-state index in [1.807, 2.05) is 6.92 Å². The molecule has 0 spiro atoms. The number of aliphatic hydroxyl groups excluding tert-OH is 1. The van der Waals surface area contributed by atoms with E-state index in [0.29, 0.717) is 90.4 Å². The number of unbranched alkanes of at least 4 members (excludes halogenated alkanes) is 4. The lowest BCUT2D eigenvalue weighted by atomic mass is 9.96. The van der Waals surface area contributed by atoms with Gasteiger partial charge in [0.25, 0.3) is 0 Å². The lowest BCUT2D eigenvalue weighted by Gasteiger charge is -2.29. The Morgan fingerprint density at radius 3 is 1.29 bits per heavy atom. The number of carbonyl (C=O) groups is 6. The monoisotopic (exact) mass is 745 g/mol. The molecule has 0 radical (unpaired) electrons. The lowest BCUT2D eigenvalue weighted by Crippen LogP contribution is -2.61. The van der Waals surface area contributed by atoms with Crippen molar-refractivity contribution in [2.45, 2.75) is 147 Å². The molecule has 0 fully saturated rings. The first kappa shape index (κ1) is 48.6.